The van der Waals surface area contributed by atoms with Crippen LogP contribution in [0, 0.1) is 11.8 Å². The fourth-order valence-electron chi connectivity index (χ4n) is 2.51. The van der Waals surface area contributed by atoms with Crippen molar-refractivity contribution in [3.8, 4) is 0 Å². The van der Waals surface area contributed by atoms with Gasteiger partial charge < -0.3 is 0 Å². The van der Waals surface area contributed by atoms with E-state index in [4.69, 9.17) is 0 Å². The summed E-state index contributed by atoms with van der Waals surface area (Å²) in [6.45, 7) is 4.36. The van der Waals surface area contributed by atoms with Crippen LogP contribution in [-0.2, 0) is 4.79 Å². The first-order valence-electron chi connectivity index (χ1n) is 6.74. The zero-order valence-electron chi connectivity index (χ0n) is 10.4. The Labute approximate surface area is 94.6 Å². The highest BCUT2D eigenvalue weighted by atomic mass is 16.1. The zero-order chi connectivity index (χ0) is 11.1. The van der Waals surface area contributed by atoms with Gasteiger partial charge in [0.25, 0.3) is 0 Å². The molecule has 0 N–H and O–H groups in total. The summed E-state index contributed by atoms with van der Waals surface area (Å²) in [5.41, 5.74) is 0. The van der Waals surface area contributed by atoms with Crippen molar-refractivity contribution in [3.05, 3.63) is 0 Å². The topological polar surface area (TPSA) is 17.1 Å². The quantitative estimate of drug-likeness (QED) is 0.616. The van der Waals surface area contributed by atoms with Crippen LogP contribution in [0.2, 0.25) is 0 Å². The molecule has 1 nitrogen and oxygen atoms in total. The lowest BCUT2D eigenvalue weighted by molar-refractivity contribution is -0.120. The van der Waals surface area contributed by atoms with E-state index < -0.39 is 0 Å². The van der Waals surface area contributed by atoms with Crippen molar-refractivity contribution in [2.75, 3.05) is 0 Å². The Balaban J connectivity index is 2.23. The van der Waals surface area contributed by atoms with Crippen LogP contribution in [-0.4, -0.2) is 5.78 Å². The number of rotatable bonds is 5. The Morgan fingerprint density at radius 1 is 1.20 bits per heavy atom. The minimum Gasteiger partial charge on any atom is -0.300 e. The van der Waals surface area contributed by atoms with Gasteiger partial charge in [-0.2, -0.15) is 0 Å². The first kappa shape index (κ1) is 12.7. The molecule has 0 aromatic rings. The number of hydrogen-bond acceptors (Lipinski definition) is 1. The maximum atomic E-state index is 11.8. The fourth-order valence-corrected chi connectivity index (χ4v) is 2.51. The standard InChI is InChI=1S/C14H26O/c1-3-12(2)10-14(15)11-13-8-6-4-5-7-9-13/h12-13H,3-11H2,1-2H3. The van der Waals surface area contributed by atoms with Gasteiger partial charge in [0.2, 0.25) is 0 Å². The van der Waals surface area contributed by atoms with Crippen LogP contribution in [0.5, 0.6) is 0 Å². The molecule has 0 aromatic carbocycles. The largest absolute Gasteiger partial charge is 0.300 e. The molecule has 1 heteroatoms. The highest BCUT2D eigenvalue weighted by molar-refractivity contribution is 5.78. The van der Waals surface area contributed by atoms with Crippen molar-refractivity contribution in [1.82, 2.24) is 0 Å². The van der Waals surface area contributed by atoms with Crippen molar-refractivity contribution in [2.45, 2.75) is 71.6 Å². The van der Waals surface area contributed by atoms with Gasteiger partial charge in [-0.3, -0.25) is 4.79 Å². The summed E-state index contributed by atoms with van der Waals surface area (Å²) in [6, 6.07) is 0. The van der Waals surface area contributed by atoms with Crippen LogP contribution in [0.4, 0.5) is 0 Å². The molecule has 1 fully saturated rings. The lowest BCUT2D eigenvalue weighted by Gasteiger charge is -2.14. The molecule has 0 heterocycles. The molecule has 0 amide bonds. The highest BCUT2D eigenvalue weighted by Crippen LogP contribution is 2.26. The molecule has 1 atom stereocenters. The number of hydrogen-bond donors (Lipinski definition) is 0. The molecule has 0 aromatic heterocycles. The van der Waals surface area contributed by atoms with Gasteiger partial charge in [-0.05, 0) is 11.8 Å². The van der Waals surface area contributed by atoms with Crippen molar-refractivity contribution in [2.24, 2.45) is 11.8 Å². The van der Waals surface area contributed by atoms with Crippen molar-refractivity contribution < 1.29 is 4.79 Å². The van der Waals surface area contributed by atoms with Gasteiger partial charge in [-0.15, -0.1) is 0 Å². The molecule has 88 valence electrons. The maximum absolute atomic E-state index is 11.8. The molecule has 0 spiro atoms. The lowest BCUT2D eigenvalue weighted by Crippen LogP contribution is -2.11. The van der Waals surface area contributed by atoms with Gasteiger partial charge in [0.1, 0.15) is 5.78 Å². The van der Waals surface area contributed by atoms with Crippen LogP contribution in [0.3, 0.4) is 0 Å². The lowest BCUT2D eigenvalue weighted by atomic mass is 9.91. The van der Waals surface area contributed by atoms with Gasteiger partial charge in [0.05, 0.1) is 0 Å². The van der Waals surface area contributed by atoms with Gasteiger partial charge >= 0.3 is 0 Å². The molecule has 1 aliphatic carbocycles. The predicted octanol–water partition coefficient (Wildman–Crippen LogP) is 4.35. The van der Waals surface area contributed by atoms with Crippen LogP contribution in [0.1, 0.15) is 71.6 Å². The smallest absolute Gasteiger partial charge is 0.133 e. The van der Waals surface area contributed by atoms with Crippen LogP contribution >= 0.6 is 0 Å². The second-order valence-electron chi connectivity index (χ2n) is 5.32. The molecule has 0 radical (unpaired) electrons. The van der Waals surface area contributed by atoms with E-state index >= 15 is 0 Å². The molecule has 1 rings (SSSR count). The molecule has 0 saturated heterocycles. The van der Waals surface area contributed by atoms with Gasteiger partial charge in [0.15, 0.2) is 0 Å². The number of carbonyl (C=O) groups excluding carboxylic acids is 1. The predicted molar refractivity (Wildman–Crippen MR) is 64.9 cm³/mol. The third kappa shape index (κ3) is 5.34. The Hall–Kier alpha value is -0.330. The second kappa shape index (κ2) is 7.03. The summed E-state index contributed by atoms with van der Waals surface area (Å²) in [4.78, 5) is 11.8. The first-order chi connectivity index (χ1) is 7.22. The van der Waals surface area contributed by atoms with Crippen LogP contribution in [0.15, 0.2) is 0 Å². The highest BCUT2D eigenvalue weighted by Gasteiger charge is 2.16. The second-order valence-corrected chi connectivity index (χ2v) is 5.32. The Kier molecular flexibility index (Phi) is 5.97. The molecule has 1 saturated carbocycles. The summed E-state index contributed by atoms with van der Waals surface area (Å²) < 4.78 is 0. The normalized spacial score (nSPS) is 20.9. The molecular formula is C14H26O. The molecule has 0 bridgehead atoms. The molecule has 1 aliphatic rings. The van der Waals surface area contributed by atoms with Crippen molar-refractivity contribution >= 4 is 5.78 Å². The SMILES string of the molecule is CCC(C)CC(=O)CC1CCCCCC1. The van der Waals surface area contributed by atoms with Crippen LogP contribution in [0.25, 0.3) is 0 Å². The zero-order valence-corrected chi connectivity index (χ0v) is 10.4. The van der Waals surface area contributed by atoms with E-state index in [0.717, 1.165) is 19.3 Å². The Morgan fingerprint density at radius 2 is 1.80 bits per heavy atom. The molecular weight excluding hydrogens is 184 g/mol. The number of Topliss-reactive ketones (excluding diaryl/α,β-unsaturated/α-hetero) is 1. The van der Waals surface area contributed by atoms with E-state index in [1.54, 1.807) is 0 Å². The minimum atomic E-state index is 0.510. The summed E-state index contributed by atoms with van der Waals surface area (Å²) in [5.74, 6) is 1.81. The van der Waals surface area contributed by atoms with E-state index in [2.05, 4.69) is 13.8 Å². The fraction of sp³-hybridized carbons (Fsp3) is 0.929. The average molecular weight is 210 g/mol. The Bertz CT molecular complexity index is 178. The monoisotopic (exact) mass is 210 g/mol. The summed E-state index contributed by atoms with van der Waals surface area (Å²) in [5, 5.41) is 0. The van der Waals surface area contributed by atoms with E-state index in [9.17, 15) is 4.79 Å². The summed E-state index contributed by atoms with van der Waals surface area (Å²) in [7, 11) is 0. The number of carbonyl (C=O) groups is 1. The minimum absolute atomic E-state index is 0.510. The summed E-state index contributed by atoms with van der Waals surface area (Å²) in [6.07, 6.45) is 10.9. The molecule has 15 heavy (non-hydrogen) atoms. The first-order valence-corrected chi connectivity index (χ1v) is 6.74. The number of ketones is 1. The average Bonchev–Trinajstić information content (AvgIpc) is 2.46. The van der Waals surface area contributed by atoms with Gasteiger partial charge in [0, 0.05) is 12.8 Å². The van der Waals surface area contributed by atoms with E-state index in [-0.39, 0.29) is 0 Å². The van der Waals surface area contributed by atoms with Crippen molar-refractivity contribution in [1.29, 1.82) is 0 Å². The molecule has 0 aliphatic heterocycles. The van der Waals surface area contributed by atoms with Gasteiger partial charge in [-0.25, -0.2) is 0 Å². The third-order valence-corrected chi connectivity index (χ3v) is 3.76. The summed E-state index contributed by atoms with van der Waals surface area (Å²) >= 11 is 0. The van der Waals surface area contributed by atoms with Gasteiger partial charge in [-0.1, -0.05) is 58.8 Å². The maximum Gasteiger partial charge on any atom is 0.133 e. The third-order valence-electron chi connectivity index (χ3n) is 3.76. The Morgan fingerprint density at radius 3 is 2.33 bits per heavy atom. The molecule has 1 unspecified atom stereocenters. The van der Waals surface area contributed by atoms with Crippen molar-refractivity contribution in [3.63, 3.8) is 0 Å². The van der Waals surface area contributed by atoms with E-state index in [1.807, 2.05) is 0 Å². The van der Waals surface area contributed by atoms with E-state index in [0.29, 0.717) is 17.6 Å². The van der Waals surface area contributed by atoms with Crippen LogP contribution < -0.4 is 0 Å². The van der Waals surface area contributed by atoms with E-state index in [1.165, 1.54) is 38.5 Å².